The molecule has 0 aliphatic rings. The normalized spacial score (nSPS) is 11.7. The van der Waals surface area contributed by atoms with Crippen molar-refractivity contribution in [1.82, 2.24) is 9.55 Å². The lowest BCUT2D eigenvalue weighted by Crippen LogP contribution is -2.05. The summed E-state index contributed by atoms with van der Waals surface area (Å²) in [5.41, 5.74) is 2.57. The molecule has 1 aromatic heterocycles. The maximum atomic E-state index is 9.32. The highest BCUT2D eigenvalue weighted by molar-refractivity contribution is 6.30. The van der Waals surface area contributed by atoms with Crippen molar-refractivity contribution in [3.05, 3.63) is 82.9 Å². The van der Waals surface area contributed by atoms with Crippen LogP contribution in [0.3, 0.4) is 0 Å². The van der Waals surface area contributed by atoms with E-state index in [0.717, 1.165) is 11.1 Å². The molecule has 3 aromatic rings. The number of hydrogen-bond donors (Lipinski definition) is 0. The van der Waals surface area contributed by atoms with Crippen molar-refractivity contribution >= 4 is 11.6 Å². The van der Waals surface area contributed by atoms with Crippen molar-refractivity contribution in [2.24, 2.45) is 0 Å². The van der Waals surface area contributed by atoms with Gasteiger partial charge < -0.3 is 9.30 Å². The lowest BCUT2D eigenvalue weighted by molar-refractivity contribution is 0.226. The van der Waals surface area contributed by atoms with Gasteiger partial charge in [-0.05, 0) is 42.3 Å². The van der Waals surface area contributed by atoms with Gasteiger partial charge in [-0.3, -0.25) is 0 Å². The third-order valence-electron chi connectivity index (χ3n) is 3.73. The molecule has 0 radical (unpaired) electrons. The van der Waals surface area contributed by atoms with Crippen LogP contribution in [-0.4, -0.2) is 9.55 Å². The highest BCUT2D eigenvalue weighted by Crippen LogP contribution is 2.27. The fourth-order valence-electron chi connectivity index (χ4n) is 2.44. The minimum absolute atomic E-state index is 0.183. The summed E-state index contributed by atoms with van der Waals surface area (Å²) < 4.78 is 8.00. The summed E-state index contributed by atoms with van der Waals surface area (Å²) >= 11 is 5.92. The second kappa shape index (κ2) is 7.20. The molecule has 1 unspecified atom stereocenters. The Hall–Kier alpha value is -2.77. The summed E-state index contributed by atoms with van der Waals surface area (Å²) in [6.07, 6.45) is 5.21. The molecule has 0 N–H and O–H groups in total. The Morgan fingerprint density at radius 2 is 2.04 bits per heavy atom. The van der Waals surface area contributed by atoms with Crippen LogP contribution in [0.25, 0.3) is 0 Å². The molecular formula is C19H16ClN3O. The predicted molar refractivity (Wildman–Crippen MR) is 93.0 cm³/mol. The van der Waals surface area contributed by atoms with Crippen LogP contribution in [0.5, 0.6) is 5.75 Å². The highest BCUT2D eigenvalue weighted by atomic mass is 35.5. The maximum absolute atomic E-state index is 9.32. The zero-order chi connectivity index (χ0) is 16.9. The average molecular weight is 338 g/mol. The Balaban J connectivity index is 1.82. The topological polar surface area (TPSA) is 50.8 Å². The number of benzene rings is 2. The number of halogens is 1. The van der Waals surface area contributed by atoms with Gasteiger partial charge in [0.2, 0.25) is 0 Å². The molecule has 0 fully saturated rings. The molecule has 0 aliphatic carbocycles. The van der Waals surface area contributed by atoms with Gasteiger partial charge in [-0.2, -0.15) is 5.26 Å². The van der Waals surface area contributed by atoms with Gasteiger partial charge >= 0.3 is 0 Å². The third-order valence-corrected chi connectivity index (χ3v) is 3.99. The Kier molecular flexibility index (Phi) is 4.83. The molecular weight excluding hydrogens is 322 g/mol. The molecule has 24 heavy (non-hydrogen) atoms. The second-order valence-corrected chi connectivity index (χ2v) is 5.93. The van der Waals surface area contributed by atoms with Crippen LogP contribution < -0.4 is 4.74 Å². The van der Waals surface area contributed by atoms with E-state index in [1.54, 1.807) is 18.6 Å². The van der Waals surface area contributed by atoms with Crippen molar-refractivity contribution in [3.8, 4) is 11.8 Å². The van der Waals surface area contributed by atoms with Gasteiger partial charge in [-0.25, -0.2) is 4.98 Å². The van der Waals surface area contributed by atoms with E-state index in [2.05, 4.69) is 11.1 Å². The molecule has 0 bridgehead atoms. The van der Waals surface area contributed by atoms with Crippen molar-refractivity contribution in [2.45, 2.75) is 19.6 Å². The third kappa shape index (κ3) is 3.76. The molecule has 0 amide bonds. The smallest absolute Gasteiger partial charge is 0.138 e. The van der Waals surface area contributed by atoms with Crippen LogP contribution in [0.4, 0.5) is 0 Å². The number of nitriles is 1. The molecule has 1 atom stereocenters. The number of rotatable bonds is 5. The van der Waals surface area contributed by atoms with Crippen LogP contribution in [0, 0.1) is 11.3 Å². The summed E-state index contributed by atoms with van der Waals surface area (Å²) in [4.78, 5) is 4.04. The fourth-order valence-corrected chi connectivity index (χ4v) is 2.56. The van der Waals surface area contributed by atoms with E-state index in [-0.39, 0.29) is 6.10 Å². The van der Waals surface area contributed by atoms with Gasteiger partial charge in [0.25, 0.3) is 0 Å². The van der Waals surface area contributed by atoms with Gasteiger partial charge in [0.15, 0.2) is 0 Å². The standard InChI is InChI=1S/C19H16ClN3O/c1-14(16-4-6-18(20)7-5-16)24-19-10-15(2-3-17(19)11-21)12-23-9-8-22-13-23/h2-10,13-14H,12H2,1H3. The summed E-state index contributed by atoms with van der Waals surface area (Å²) in [6.45, 7) is 2.63. The SMILES string of the molecule is CC(Oc1cc(Cn2ccnc2)ccc1C#N)c1ccc(Cl)cc1. The van der Waals surface area contributed by atoms with Gasteiger partial charge in [0, 0.05) is 24.0 Å². The first-order valence-corrected chi connectivity index (χ1v) is 7.94. The molecule has 4 nitrogen and oxygen atoms in total. The second-order valence-electron chi connectivity index (χ2n) is 5.49. The lowest BCUT2D eigenvalue weighted by atomic mass is 10.1. The fraction of sp³-hybridized carbons (Fsp3) is 0.158. The number of hydrogen-bond acceptors (Lipinski definition) is 3. The average Bonchev–Trinajstić information content (AvgIpc) is 3.09. The number of imidazole rings is 1. The highest BCUT2D eigenvalue weighted by Gasteiger charge is 2.12. The Bertz CT molecular complexity index is 851. The Morgan fingerprint density at radius 3 is 2.71 bits per heavy atom. The summed E-state index contributed by atoms with van der Waals surface area (Å²) in [5.74, 6) is 0.581. The quantitative estimate of drug-likeness (QED) is 0.683. The van der Waals surface area contributed by atoms with E-state index >= 15 is 0 Å². The van der Waals surface area contributed by atoms with E-state index < -0.39 is 0 Å². The molecule has 2 aromatic carbocycles. The van der Waals surface area contributed by atoms with Crippen molar-refractivity contribution in [3.63, 3.8) is 0 Å². The van der Waals surface area contributed by atoms with Crippen molar-refractivity contribution < 1.29 is 4.74 Å². The molecule has 120 valence electrons. The van der Waals surface area contributed by atoms with Crippen LogP contribution >= 0.6 is 11.6 Å². The first-order chi connectivity index (χ1) is 11.7. The van der Waals surface area contributed by atoms with Gasteiger partial charge in [0.05, 0.1) is 11.9 Å². The van der Waals surface area contributed by atoms with Gasteiger partial charge in [0.1, 0.15) is 17.9 Å². The molecule has 0 spiro atoms. The summed E-state index contributed by atoms with van der Waals surface area (Å²) in [5, 5.41) is 10.0. The number of aromatic nitrogens is 2. The summed E-state index contributed by atoms with van der Waals surface area (Å²) in [6, 6.07) is 15.3. The Morgan fingerprint density at radius 1 is 1.25 bits per heavy atom. The minimum Gasteiger partial charge on any atom is -0.485 e. The molecule has 0 saturated heterocycles. The molecule has 3 rings (SSSR count). The van der Waals surface area contributed by atoms with E-state index in [1.807, 2.05) is 54.1 Å². The maximum Gasteiger partial charge on any atom is 0.138 e. The van der Waals surface area contributed by atoms with E-state index in [0.29, 0.717) is 22.9 Å². The minimum atomic E-state index is -0.183. The van der Waals surface area contributed by atoms with Crippen LogP contribution in [0.2, 0.25) is 5.02 Å². The molecule has 0 saturated carbocycles. The van der Waals surface area contributed by atoms with E-state index in [1.165, 1.54) is 0 Å². The number of ether oxygens (including phenoxy) is 1. The van der Waals surface area contributed by atoms with Crippen LogP contribution in [-0.2, 0) is 6.54 Å². The first kappa shape index (κ1) is 16.1. The zero-order valence-electron chi connectivity index (χ0n) is 13.2. The van der Waals surface area contributed by atoms with E-state index in [4.69, 9.17) is 16.3 Å². The van der Waals surface area contributed by atoms with Crippen LogP contribution in [0.15, 0.2) is 61.2 Å². The molecule has 0 aliphatic heterocycles. The van der Waals surface area contributed by atoms with E-state index in [9.17, 15) is 5.26 Å². The zero-order valence-corrected chi connectivity index (χ0v) is 13.9. The predicted octanol–water partition coefficient (Wildman–Crippen LogP) is 4.60. The first-order valence-electron chi connectivity index (χ1n) is 7.56. The largest absolute Gasteiger partial charge is 0.485 e. The number of nitrogens with zero attached hydrogens (tertiary/aromatic N) is 3. The van der Waals surface area contributed by atoms with Crippen LogP contribution in [0.1, 0.15) is 29.7 Å². The van der Waals surface area contributed by atoms with Gasteiger partial charge in [-0.1, -0.05) is 29.8 Å². The summed E-state index contributed by atoms with van der Waals surface area (Å²) in [7, 11) is 0. The lowest BCUT2D eigenvalue weighted by Gasteiger charge is -2.17. The molecule has 1 heterocycles. The monoisotopic (exact) mass is 337 g/mol. The van der Waals surface area contributed by atoms with Crippen molar-refractivity contribution in [1.29, 1.82) is 5.26 Å². The Labute approximate surface area is 145 Å². The molecule has 5 heteroatoms. The van der Waals surface area contributed by atoms with Crippen molar-refractivity contribution in [2.75, 3.05) is 0 Å². The van der Waals surface area contributed by atoms with Gasteiger partial charge in [-0.15, -0.1) is 0 Å².